The Balaban J connectivity index is 1.84. The lowest BCUT2D eigenvalue weighted by atomic mass is 10.1. The number of aromatic hydroxyl groups is 1. The van der Waals surface area contributed by atoms with Crippen molar-refractivity contribution in [2.24, 2.45) is 0 Å². The Morgan fingerprint density at radius 3 is 2.72 bits per heavy atom. The van der Waals surface area contributed by atoms with Crippen LogP contribution >= 0.6 is 0 Å². The van der Waals surface area contributed by atoms with E-state index in [0.717, 1.165) is 5.69 Å². The summed E-state index contributed by atoms with van der Waals surface area (Å²) in [6.45, 7) is 5.91. The molecule has 1 fully saturated rings. The molecule has 0 aromatic heterocycles. The molecule has 0 amide bonds. The summed E-state index contributed by atoms with van der Waals surface area (Å²) in [6, 6.07) is 7.94. The van der Waals surface area contributed by atoms with Crippen molar-refractivity contribution >= 4 is 5.69 Å². The summed E-state index contributed by atoms with van der Waals surface area (Å²) in [7, 11) is 0. The van der Waals surface area contributed by atoms with Gasteiger partial charge in [0, 0.05) is 18.3 Å². The number of anilines is 1. The molecule has 2 rings (SSSR count). The second-order valence-corrected chi connectivity index (χ2v) is 5.16. The molecule has 1 heterocycles. The highest BCUT2D eigenvalue weighted by atomic mass is 16.3. The summed E-state index contributed by atoms with van der Waals surface area (Å²) in [5.74, 6) is 0.329. The maximum absolute atomic E-state index is 9.27. The van der Waals surface area contributed by atoms with Gasteiger partial charge in [0.15, 0.2) is 0 Å². The monoisotopic (exact) mass is 248 g/mol. The van der Waals surface area contributed by atoms with Crippen LogP contribution in [0.4, 0.5) is 5.69 Å². The molecule has 0 saturated carbocycles. The Kier molecular flexibility index (Phi) is 4.88. The minimum absolute atomic E-state index is 0.329. The second-order valence-electron chi connectivity index (χ2n) is 5.16. The van der Waals surface area contributed by atoms with Crippen LogP contribution in [0.3, 0.4) is 0 Å². The topological polar surface area (TPSA) is 35.5 Å². The van der Waals surface area contributed by atoms with Gasteiger partial charge in [0.1, 0.15) is 5.75 Å². The van der Waals surface area contributed by atoms with Gasteiger partial charge < -0.3 is 15.3 Å². The van der Waals surface area contributed by atoms with Crippen LogP contribution in [0.2, 0.25) is 0 Å². The Labute approximate surface area is 110 Å². The van der Waals surface area contributed by atoms with Crippen LogP contribution in [0.5, 0.6) is 5.75 Å². The van der Waals surface area contributed by atoms with Crippen LogP contribution in [-0.2, 0) is 0 Å². The highest BCUT2D eigenvalue weighted by molar-refractivity contribution is 5.46. The number of phenolic OH excluding ortho intramolecular Hbond substituents is 1. The number of hydrogen-bond acceptors (Lipinski definition) is 3. The summed E-state index contributed by atoms with van der Waals surface area (Å²) >= 11 is 0. The Morgan fingerprint density at radius 1 is 1.22 bits per heavy atom. The van der Waals surface area contributed by atoms with Crippen molar-refractivity contribution in [1.29, 1.82) is 0 Å². The maximum Gasteiger partial charge on any atom is 0.115 e. The number of phenols is 1. The van der Waals surface area contributed by atoms with Gasteiger partial charge >= 0.3 is 0 Å². The maximum atomic E-state index is 9.27. The molecule has 1 unspecified atom stereocenters. The smallest absolute Gasteiger partial charge is 0.115 e. The molecule has 0 radical (unpaired) electrons. The zero-order chi connectivity index (χ0) is 12.8. The van der Waals surface area contributed by atoms with Crippen molar-refractivity contribution in [3.63, 3.8) is 0 Å². The molecule has 1 aromatic rings. The van der Waals surface area contributed by atoms with Crippen LogP contribution in [0.15, 0.2) is 24.3 Å². The predicted molar refractivity (Wildman–Crippen MR) is 76.1 cm³/mol. The lowest BCUT2D eigenvalue weighted by molar-refractivity contribution is 0.285. The number of rotatable bonds is 4. The number of likely N-dealkylation sites (tertiary alicyclic amines) is 1. The second kappa shape index (κ2) is 6.64. The predicted octanol–water partition coefficient (Wildman–Crippen LogP) is 3.07. The normalized spacial score (nSPS) is 21.5. The molecule has 1 atom stereocenters. The lowest BCUT2D eigenvalue weighted by Gasteiger charge is -2.20. The van der Waals surface area contributed by atoms with Gasteiger partial charge in [0.2, 0.25) is 0 Å². The van der Waals surface area contributed by atoms with Gasteiger partial charge in [-0.05, 0) is 63.0 Å². The third-order valence-electron chi connectivity index (χ3n) is 3.60. The molecule has 18 heavy (non-hydrogen) atoms. The fraction of sp³-hybridized carbons (Fsp3) is 0.600. The third-order valence-corrected chi connectivity index (χ3v) is 3.60. The molecule has 3 heteroatoms. The number of hydrogen-bond donors (Lipinski definition) is 2. The van der Waals surface area contributed by atoms with Crippen LogP contribution in [-0.4, -0.2) is 35.7 Å². The Hall–Kier alpha value is -1.22. The first kappa shape index (κ1) is 13.2. The van der Waals surface area contributed by atoms with Crippen molar-refractivity contribution in [3.05, 3.63) is 24.3 Å². The van der Waals surface area contributed by atoms with Gasteiger partial charge in [0.25, 0.3) is 0 Å². The van der Waals surface area contributed by atoms with Crippen LogP contribution in [0.25, 0.3) is 0 Å². The molecule has 1 aliphatic rings. The molecular weight excluding hydrogens is 224 g/mol. The highest BCUT2D eigenvalue weighted by Gasteiger charge is 2.16. The molecule has 1 aromatic carbocycles. The van der Waals surface area contributed by atoms with Crippen LogP contribution in [0.1, 0.15) is 32.6 Å². The van der Waals surface area contributed by atoms with Gasteiger partial charge in [-0.15, -0.1) is 0 Å². The fourth-order valence-electron chi connectivity index (χ4n) is 2.63. The summed E-state index contributed by atoms with van der Waals surface area (Å²) in [5.41, 5.74) is 1.11. The average molecular weight is 248 g/mol. The molecule has 0 bridgehead atoms. The van der Waals surface area contributed by atoms with Crippen molar-refractivity contribution in [1.82, 2.24) is 4.90 Å². The van der Waals surface area contributed by atoms with E-state index in [2.05, 4.69) is 17.1 Å². The minimum atomic E-state index is 0.329. The summed E-state index contributed by atoms with van der Waals surface area (Å²) in [6.07, 6.45) is 4.97. The standard InChI is InChI=1S/C15H24N2O/c1-2-10-17-11-3-4-13(9-12-17)16-14-5-7-15(18)8-6-14/h5-8,13,16,18H,2-4,9-12H2,1H3. The van der Waals surface area contributed by atoms with Gasteiger partial charge in [-0.3, -0.25) is 0 Å². The molecule has 0 aliphatic carbocycles. The molecule has 3 nitrogen and oxygen atoms in total. The van der Waals surface area contributed by atoms with Crippen molar-refractivity contribution in [2.45, 2.75) is 38.6 Å². The molecular formula is C15H24N2O. The number of benzene rings is 1. The van der Waals surface area contributed by atoms with E-state index in [4.69, 9.17) is 0 Å². The third kappa shape index (κ3) is 3.91. The van der Waals surface area contributed by atoms with E-state index in [1.54, 1.807) is 12.1 Å². The zero-order valence-corrected chi connectivity index (χ0v) is 11.2. The van der Waals surface area contributed by atoms with Gasteiger partial charge in [0.05, 0.1) is 0 Å². The van der Waals surface area contributed by atoms with Gasteiger partial charge in [-0.2, -0.15) is 0 Å². The molecule has 1 aliphatic heterocycles. The zero-order valence-electron chi connectivity index (χ0n) is 11.2. The quantitative estimate of drug-likeness (QED) is 0.804. The largest absolute Gasteiger partial charge is 0.508 e. The lowest BCUT2D eigenvalue weighted by Crippen LogP contribution is -2.27. The van der Waals surface area contributed by atoms with Crippen molar-refractivity contribution in [3.8, 4) is 5.75 Å². The minimum Gasteiger partial charge on any atom is -0.508 e. The van der Waals surface area contributed by atoms with Crippen molar-refractivity contribution in [2.75, 3.05) is 25.0 Å². The van der Waals surface area contributed by atoms with Gasteiger partial charge in [-0.1, -0.05) is 6.92 Å². The first-order chi connectivity index (χ1) is 8.78. The van der Waals surface area contributed by atoms with E-state index in [1.807, 2.05) is 12.1 Å². The SMILES string of the molecule is CCCN1CCCC(Nc2ccc(O)cc2)CC1. The molecule has 0 spiro atoms. The molecule has 100 valence electrons. The summed E-state index contributed by atoms with van der Waals surface area (Å²) in [5, 5.41) is 12.8. The number of nitrogens with one attached hydrogen (secondary N) is 1. The van der Waals surface area contributed by atoms with Gasteiger partial charge in [-0.25, -0.2) is 0 Å². The highest BCUT2D eigenvalue weighted by Crippen LogP contribution is 2.19. The van der Waals surface area contributed by atoms with Crippen LogP contribution in [0, 0.1) is 0 Å². The first-order valence-corrected chi connectivity index (χ1v) is 7.06. The average Bonchev–Trinajstić information content (AvgIpc) is 2.59. The number of nitrogens with zero attached hydrogens (tertiary/aromatic N) is 1. The first-order valence-electron chi connectivity index (χ1n) is 7.06. The van der Waals surface area contributed by atoms with E-state index in [9.17, 15) is 5.11 Å². The Bertz CT molecular complexity index is 350. The van der Waals surface area contributed by atoms with E-state index in [-0.39, 0.29) is 0 Å². The fourth-order valence-corrected chi connectivity index (χ4v) is 2.63. The van der Waals surface area contributed by atoms with E-state index in [1.165, 1.54) is 45.3 Å². The summed E-state index contributed by atoms with van der Waals surface area (Å²) < 4.78 is 0. The van der Waals surface area contributed by atoms with Crippen LogP contribution < -0.4 is 5.32 Å². The molecule has 2 N–H and O–H groups in total. The Morgan fingerprint density at radius 2 is 2.00 bits per heavy atom. The molecule has 1 saturated heterocycles. The van der Waals surface area contributed by atoms with E-state index in [0.29, 0.717) is 11.8 Å². The van der Waals surface area contributed by atoms with E-state index < -0.39 is 0 Å². The van der Waals surface area contributed by atoms with Crippen molar-refractivity contribution < 1.29 is 5.11 Å². The van der Waals surface area contributed by atoms with E-state index >= 15 is 0 Å². The summed E-state index contributed by atoms with van der Waals surface area (Å²) in [4.78, 5) is 2.57.